The minimum absolute atomic E-state index is 0.0454. The number of fused-ring (bicyclic) bond motifs is 2. The number of benzene rings is 2. The molecule has 0 atom stereocenters. The van der Waals surface area contributed by atoms with E-state index in [1.807, 2.05) is 32.2 Å². The maximum absolute atomic E-state index is 12.6. The lowest BCUT2D eigenvalue weighted by atomic mass is 9.84. The number of nitrogens with zero attached hydrogens (tertiary/aromatic N) is 1. The molecule has 2 N–H and O–H groups in total. The fourth-order valence-electron chi connectivity index (χ4n) is 6.33. The first-order valence-electron chi connectivity index (χ1n) is 14.7. The fourth-order valence-corrected chi connectivity index (χ4v) is 6.33. The lowest BCUT2D eigenvalue weighted by molar-refractivity contribution is -0.122. The van der Waals surface area contributed by atoms with Gasteiger partial charge >= 0.3 is 0 Å². The van der Waals surface area contributed by atoms with Gasteiger partial charge in [-0.15, -0.1) is 0 Å². The number of aryl methyl sites for hydroxylation is 1. The second-order valence-electron chi connectivity index (χ2n) is 11.8. The zero-order valence-corrected chi connectivity index (χ0v) is 23.1. The molecular formula is C33H43N3O2. The summed E-state index contributed by atoms with van der Waals surface area (Å²) in [5.74, 6) is 1.23. The number of nitrogens with one attached hydrogen (secondary N) is 2. The molecule has 0 spiro atoms. The molecule has 1 aliphatic heterocycles. The minimum atomic E-state index is 0.0454. The molecule has 1 fully saturated rings. The van der Waals surface area contributed by atoms with E-state index in [2.05, 4.69) is 45.5 Å². The van der Waals surface area contributed by atoms with Crippen LogP contribution in [0.25, 0.3) is 10.9 Å². The van der Waals surface area contributed by atoms with Gasteiger partial charge in [0.15, 0.2) is 5.78 Å². The van der Waals surface area contributed by atoms with Gasteiger partial charge in [-0.25, -0.2) is 0 Å². The number of amides is 1. The van der Waals surface area contributed by atoms with Gasteiger partial charge in [-0.05, 0) is 92.7 Å². The van der Waals surface area contributed by atoms with Crippen LogP contribution in [0.15, 0.2) is 48.7 Å². The standard InChI is InChI=1S/C33H43N3O2/c1-23(2)33(38)27-10-9-25-16-19-36(20-17-26(25)21-27)18-15-24-7-12-29(13-8-24)35-32(37)14-11-28-22-34-31-6-4-3-5-30(28)31/h3-6,9-10,21-24,29,34H,7-8,11-20H2,1-2H3,(H,35,37). The second kappa shape index (κ2) is 12.3. The zero-order chi connectivity index (χ0) is 26.5. The van der Waals surface area contributed by atoms with Gasteiger partial charge in [0.25, 0.3) is 0 Å². The number of rotatable bonds is 9. The monoisotopic (exact) mass is 513 g/mol. The lowest BCUT2D eigenvalue weighted by Gasteiger charge is -2.30. The first-order chi connectivity index (χ1) is 18.5. The van der Waals surface area contributed by atoms with Crippen molar-refractivity contribution in [3.63, 3.8) is 0 Å². The summed E-state index contributed by atoms with van der Waals surface area (Å²) < 4.78 is 0. The molecule has 2 aromatic carbocycles. The highest BCUT2D eigenvalue weighted by Crippen LogP contribution is 2.28. The van der Waals surface area contributed by atoms with E-state index < -0.39 is 0 Å². The Morgan fingerprint density at radius 3 is 2.55 bits per heavy atom. The van der Waals surface area contributed by atoms with Crippen molar-refractivity contribution in [2.24, 2.45) is 11.8 Å². The molecule has 5 rings (SSSR count). The average molecular weight is 514 g/mol. The Morgan fingerprint density at radius 2 is 1.76 bits per heavy atom. The summed E-state index contributed by atoms with van der Waals surface area (Å²) in [4.78, 5) is 31.0. The van der Waals surface area contributed by atoms with Crippen LogP contribution in [-0.2, 0) is 24.1 Å². The predicted molar refractivity (Wildman–Crippen MR) is 155 cm³/mol. The topological polar surface area (TPSA) is 65.2 Å². The highest BCUT2D eigenvalue weighted by molar-refractivity contribution is 5.97. The van der Waals surface area contributed by atoms with E-state index in [-0.39, 0.29) is 17.6 Å². The van der Waals surface area contributed by atoms with Gasteiger partial charge in [0.05, 0.1) is 0 Å². The van der Waals surface area contributed by atoms with Crippen LogP contribution in [0.5, 0.6) is 0 Å². The van der Waals surface area contributed by atoms with Crippen LogP contribution in [0.4, 0.5) is 0 Å². The average Bonchev–Trinajstić information content (AvgIpc) is 3.23. The molecule has 3 aromatic rings. The summed E-state index contributed by atoms with van der Waals surface area (Å²) in [6.45, 7) is 7.28. The molecule has 0 bridgehead atoms. The number of carbonyl (C=O) groups is 2. The van der Waals surface area contributed by atoms with Crippen LogP contribution >= 0.6 is 0 Å². The molecule has 1 aromatic heterocycles. The van der Waals surface area contributed by atoms with Crippen molar-refractivity contribution in [1.29, 1.82) is 0 Å². The third-order valence-corrected chi connectivity index (χ3v) is 8.77. The van der Waals surface area contributed by atoms with Crippen molar-refractivity contribution in [1.82, 2.24) is 15.2 Å². The van der Waals surface area contributed by atoms with Crippen molar-refractivity contribution < 1.29 is 9.59 Å². The van der Waals surface area contributed by atoms with Gasteiger partial charge < -0.3 is 15.2 Å². The number of carbonyl (C=O) groups excluding carboxylic acids is 2. The summed E-state index contributed by atoms with van der Waals surface area (Å²) in [6.07, 6.45) is 11.3. The summed E-state index contributed by atoms with van der Waals surface area (Å²) in [7, 11) is 0. The Labute approximate surface area is 227 Å². The lowest BCUT2D eigenvalue weighted by Crippen LogP contribution is -2.38. The van der Waals surface area contributed by atoms with Gasteiger partial charge in [0.1, 0.15) is 0 Å². The smallest absolute Gasteiger partial charge is 0.220 e. The van der Waals surface area contributed by atoms with Crippen LogP contribution in [-0.4, -0.2) is 47.3 Å². The first kappa shape index (κ1) is 26.7. The number of hydrogen-bond donors (Lipinski definition) is 2. The maximum Gasteiger partial charge on any atom is 0.220 e. The molecule has 5 nitrogen and oxygen atoms in total. The Balaban J connectivity index is 1.01. The third kappa shape index (κ3) is 6.55. The van der Waals surface area contributed by atoms with Crippen LogP contribution < -0.4 is 5.32 Å². The SMILES string of the molecule is CC(C)C(=O)c1ccc2c(c1)CCN(CCC1CCC(NC(=O)CCc3c[nH]c4ccccc34)CC1)CC2. The number of Topliss-reactive ketones (excluding diaryl/α,β-unsaturated/α-hetero) is 1. The quantitative estimate of drug-likeness (QED) is 0.340. The van der Waals surface area contributed by atoms with Gasteiger partial charge in [0.2, 0.25) is 5.91 Å². The second-order valence-corrected chi connectivity index (χ2v) is 11.8. The van der Waals surface area contributed by atoms with E-state index >= 15 is 0 Å². The summed E-state index contributed by atoms with van der Waals surface area (Å²) >= 11 is 0. The minimum Gasteiger partial charge on any atom is -0.361 e. The Kier molecular flexibility index (Phi) is 8.63. The van der Waals surface area contributed by atoms with Crippen LogP contribution in [0.3, 0.4) is 0 Å². The van der Waals surface area contributed by atoms with Crippen LogP contribution in [0.1, 0.15) is 79.4 Å². The molecule has 1 amide bonds. The maximum atomic E-state index is 12.6. The van der Waals surface area contributed by atoms with Gasteiger partial charge in [-0.3, -0.25) is 9.59 Å². The first-order valence-corrected chi connectivity index (χ1v) is 14.7. The molecule has 202 valence electrons. The normalized spacial score (nSPS) is 20.3. The van der Waals surface area contributed by atoms with Crippen LogP contribution in [0, 0.1) is 11.8 Å². The Hall–Kier alpha value is -2.92. The van der Waals surface area contributed by atoms with E-state index in [9.17, 15) is 9.59 Å². The third-order valence-electron chi connectivity index (χ3n) is 8.77. The number of ketones is 1. The van der Waals surface area contributed by atoms with Crippen LogP contribution in [0.2, 0.25) is 0 Å². The van der Waals surface area contributed by atoms with E-state index in [0.29, 0.717) is 12.5 Å². The van der Waals surface area contributed by atoms with E-state index in [0.717, 1.165) is 68.7 Å². The number of aromatic amines is 1. The number of H-pyrrole nitrogens is 1. The molecule has 5 heteroatoms. The molecule has 0 saturated heterocycles. The summed E-state index contributed by atoms with van der Waals surface area (Å²) in [5, 5.41) is 4.53. The molecule has 2 aliphatic rings. The molecule has 1 saturated carbocycles. The van der Waals surface area contributed by atoms with Crippen molar-refractivity contribution in [2.45, 2.75) is 77.7 Å². The van der Waals surface area contributed by atoms with Gasteiger partial charge in [-0.1, -0.05) is 44.2 Å². The molecular weight excluding hydrogens is 470 g/mol. The summed E-state index contributed by atoms with van der Waals surface area (Å²) in [5.41, 5.74) is 6.00. The molecule has 2 heterocycles. The highest BCUT2D eigenvalue weighted by atomic mass is 16.1. The highest BCUT2D eigenvalue weighted by Gasteiger charge is 2.24. The van der Waals surface area contributed by atoms with E-state index in [1.54, 1.807) is 0 Å². The van der Waals surface area contributed by atoms with E-state index in [4.69, 9.17) is 0 Å². The van der Waals surface area contributed by atoms with Gasteiger partial charge in [-0.2, -0.15) is 0 Å². The van der Waals surface area contributed by atoms with Gasteiger partial charge in [0, 0.05) is 54.1 Å². The number of hydrogen-bond acceptors (Lipinski definition) is 3. The van der Waals surface area contributed by atoms with Crippen molar-refractivity contribution >= 4 is 22.6 Å². The molecule has 0 radical (unpaired) electrons. The number of para-hydroxylation sites is 1. The zero-order valence-electron chi connectivity index (χ0n) is 23.1. The fraction of sp³-hybridized carbons (Fsp3) is 0.515. The van der Waals surface area contributed by atoms with Crippen molar-refractivity contribution in [3.05, 3.63) is 70.9 Å². The molecule has 0 unspecified atom stereocenters. The van der Waals surface area contributed by atoms with E-state index in [1.165, 1.54) is 41.3 Å². The van der Waals surface area contributed by atoms with Crippen molar-refractivity contribution in [3.8, 4) is 0 Å². The number of aromatic nitrogens is 1. The largest absolute Gasteiger partial charge is 0.361 e. The summed E-state index contributed by atoms with van der Waals surface area (Å²) in [6, 6.07) is 15.0. The Bertz CT molecular complexity index is 1250. The molecule has 1 aliphatic carbocycles. The predicted octanol–water partition coefficient (Wildman–Crippen LogP) is 6.11. The van der Waals surface area contributed by atoms with Crippen molar-refractivity contribution in [2.75, 3.05) is 19.6 Å². The molecule has 38 heavy (non-hydrogen) atoms. The Morgan fingerprint density at radius 1 is 1.00 bits per heavy atom.